The van der Waals surface area contributed by atoms with Crippen LogP contribution in [0.1, 0.15) is 34.7 Å². The first-order valence-electron chi connectivity index (χ1n) is 9.88. The van der Waals surface area contributed by atoms with E-state index < -0.39 is 0 Å². The van der Waals surface area contributed by atoms with Crippen molar-refractivity contribution in [3.8, 4) is 11.3 Å². The van der Waals surface area contributed by atoms with Crippen LogP contribution in [-0.4, -0.2) is 15.6 Å². The van der Waals surface area contributed by atoms with Crippen molar-refractivity contribution in [2.45, 2.75) is 32.3 Å². The van der Waals surface area contributed by atoms with Crippen LogP contribution in [0.2, 0.25) is 5.02 Å². The lowest BCUT2D eigenvalue weighted by Crippen LogP contribution is -2.05. The molecule has 5 rings (SSSR count). The summed E-state index contributed by atoms with van der Waals surface area (Å²) in [5, 5.41) is 4.88. The minimum Gasteiger partial charge on any atom is -0.391 e. The monoisotopic (exact) mass is 439 g/mol. The summed E-state index contributed by atoms with van der Waals surface area (Å²) in [6.45, 7) is 0.203. The first-order valence-corrected chi connectivity index (χ1v) is 11.1. The maximum absolute atomic E-state index is 13.4. The largest absolute Gasteiger partial charge is 0.391 e. The van der Waals surface area contributed by atoms with Crippen LogP contribution in [0.3, 0.4) is 0 Å². The molecule has 2 heterocycles. The fourth-order valence-electron chi connectivity index (χ4n) is 3.82. The molecule has 7 heteroatoms. The van der Waals surface area contributed by atoms with Crippen LogP contribution in [0.5, 0.6) is 0 Å². The van der Waals surface area contributed by atoms with Crippen molar-refractivity contribution in [1.29, 1.82) is 0 Å². The summed E-state index contributed by atoms with van der Waals surface area (Å²) in [6.07, 6.45) is 6.26. The molecule has 1 aliphatic rings. The molecular formula is C23H19ClFN3OS. The smallest absolute Gasteiger partial charge is 0.195 e. The highest BCUT2D eigenvalue weighted by molar-refractivity contribution is 7.17. The molecule has 0 unspecified atom stereocenters. The Hall–Kier alpha value is -2.70. The number of hydrogen-bond donors (Lipinski definition) is 0. The van der Waals surface area contributed by atoms with E-state index in [9.17, 15) is 4.39 Å². The number of imidazole rings is 1. The van der Waals surface area contributed by atoms with E-state index in [1.165, 1.54) is 35.5 Å². The Balaban J connectivity index is 1.51. The number of oxime groups is 1. The Morgan fingerprint density at radius 2 is 2.00 bits per heavy atom. The second-order valence-electron chi connectivity index (χ2n) is 7.29. The predicted octanol–water partition coefficient (Wildman–Crippen LogP) is 6.28. The van der Waals surface area contributed by atoms with Crippen LogP contribution in [0, 0.1) is 5.82 Å². The van der Waals surface area contributed by atoms with Gasteiger partial charge in [0.15, 0.2) is 4.96 Å². The maximum Gasteiger partial charge on any atom is 0.195 e. The predicted molar refractivity (Wildman–Crippen MR) is 119 cm³/mol. The summed E-state index contributed by atoms with van der Waals surface area (Å²) >= 11 is 7.82. The Morgan fingerprint density at radius 3 is 2.83 bits per heavy atom. The molecule has 2 aromatic heterocycles. The lowest BCUT2D eigenvalue weighted by Gasteiger charge is -2.11. The van der Waals surface area contributed by atoms with Crippen molar-refractivity contribution in [3.63, 3.8) is 0 Å². The highest BCUT2D eigenvalue weighted by Gasteiger charge is 2.22. The van der Waals surface area contributed by atoms with Crippen molar-refractivity contribution in [2.75, 3.05) is 0 Å². The van der Waals surface area contributed by atoms with E-state index in [4.69, 9.17) is 21.4 Å². The van der Waals surface area contributed by atoms with Gasteiger partial charge >= 0.3 is 0 Å². The number of thiazole rings is 1. The summed E-state index contributed by atoms with van der Waals surface area (Å²) in [4.78, 5) is 12.8. The second kappa shape index (κ2) is 8.20. The van der Waals surface area contributed by atoms with Crippen molar-refractivity contribution in [3.05, 3.63) is 81.2 Å². The van der Waals surface area contributed by atoms with Gasteiger partial charge < -0.3 is 4.84 Å². The van der Waals surface area contributed by atoms with E-state index in [1.54, 1.807) is 23.6 Å². The van der Waals surface area contributed by atoms with Gasteiger partial charge in [-0.15, -0.1) is 11.3 Å². The normalized spacial score (nSPS) is 13.8. The highest BCUT2D eigenvalue weighted by atomic mass is 35.5. The number of benzene rings is 2. The summed E-state index contributed by atoms with van der Waals surface area (Å²) in [5.41, 5.74) is 4.78. The fraction of sp³-hybridized carbons (Fsp3) is 0.217. The molecule has 0 N–H and O–H groups in total. The molecule has 0 amide bonds. The van der Waals surface area contributed by atoms with Crippen molar-refractivity contribution in [2.24, 2.45) is 5.16 Å². The summed E-state index contributed by atoms with van der Waals surface area (Å²) in [6, 6.07) is 14.0. The van der Waals surface area contributed by atoms with E-state index in [2.05, 4.69) is 9.56 Å². The molecule has 30 heavy (non-hydrogen) atoms. The second-order valence-corrected chi connectivity index (χ2v) is 8.79. The number of aryl methyl sites for hydroxylation is 2. The van der Waals surface area contributed by atoms with Gasteiger partial charge in [0.05, 0.1) is 17.6 Å². The molecular weight excluding hydrogens is 421 g/mol. The standard InChI is InChI=1S/C23H19ClFN3OS/c24-17-10-8-16(9-11-17)22-20(13-26-29-14-15-4-3-5-18(25)12-15)28-19-6-1-2-7-21(19)30-23(28)27-22/h3-5,8-13H,1-2,6-7,14H2. The molecule has 152 valence electrons. The number of hydrogen-bond acceptors (Lipinski definition) is 4. The van der Waals surface area contributed by atoms with Crippen LogP contribution in [0.25, 0.3) is 16.2 Å². The van der Waals surface area contributed by atoms with Gasteiger partial charge in [0, 0.05) is 21.2 Å². The zero-order chi connectivity index (χ0) is 20.5. The lowest BCUT2D eigenvalue weighted by atomic mass is 10.0. The fourth-order valence-corrected chi connectivity index (χ4v) is 5.17. The van der Waals surface area contributed by atoms with Gasteiger partial charge in [-0.05, 0) is 55.5 Å². The molecule has 1 aliphatic carbocycles. The number of nitrogens with zero attached hydrogens (tertiary/aromatic N) is 3. The first-order chi connectivity index (χ1) is 14.7. The van der Waals surface area contributed by atoms with Crippen LogP contribution in [0.15, 0.2) is 53.7 Å². The van der Waals surface area contributed by atoms with E-state index >= 15 is 0 Å². The van der Waals surface area contributed by atoms with Gasteiger partial charge in [-0.3, -0.25) is 4.40 Å². The van der Waals surface area contributed by atoms with Gasteiger partial charge in [-0.1, -0.05) is 41.0 Å². The Morgan fingerprint density at radius 1 is 1.17 bits per heavy atom. The van der Waals surface area contributed by atoms with E-state index in [-0.39, 0.29) is 12.4 Å². The zero-order valence-electron chi connectivity index (χ0n) is 16.1. The third-order valence-corrected chi connectivity index (χ3v) is 6.64. The topological polar surface area (TPSA) is 38.9 Å². The summed E-state index contributed by atoms with van der Waals surface area (Å²) < 4.78 is 15.6. The van der Waals surface area contributed by atoms with Gasteiger partial charge in [0.1, 0.15) is 12.4 Å². The zero-order valence-corrected chi connectivity index (χ0v) is 17.7. The summed E-state index contributed by atoms with van der Waals surface area (Å²) in [5.74, 6) is -0.285. The van der Waals surface area contributed by atoms with Crippen LogP contribution in [-0.2, 0) is 24.3 Å². The molecule has 0 bridgehead atoms. The highest BCUT2D eigenvalue weighted by Crippen LogP contribution is 2.34. The van der Waals surface area contributed by atoms with Gasteiger partial charge in [0.25, 0.3) is 0 Å². The Kier molecular flexibility index (Phi) is 5.27. The average molecular weight is 440 g/mol. The minimum atomic E-state index is -0.285. The van der Waals surface area contributed by atoms with Crippen molar-refractivity contribution in [1.82, 2.24) is 9.38 Å². The molecule has 0 aliphatic heterocycles. The number of aromatic nitrogens is 2. The number of rotatable bonds is 5. The molecule has 0 saturated carbocycles. The molecule has 0 radical (unpaired) electrons. The average Bonchev–Trinajstić information content (AvgIpc) is 3.28. The molecule has 0 saturated heterocycles. The van der Waals surface area contributed by atoms with Gasteiger partial charge in [0.2, 0.25) is 0 Å². The number of fused-ring (bicyclic) bond motifs is 3. The van der Waals surface area contributed by atoms with Crippen molar-refractivity contribution < 1.29 is 9.23 Å². The molecule has 0 atom stereocenters. The van der Waals surface area contributed by atoms with E-state index in [0.717, 1.165) is 40.3 Å². The molecule has 2 aromatic carbocycles. The quantitative estimate of drug-likeness (QED) is 0.271. The van der Waals surface area contributed by atoms with Crippen LogP contribution < -0.4 is 0 Å². The summed E-state index contributed by atoms with van der Waals surface area (Å²) in [7, 11) is 0. The van der Waals surface area contributed by atoms with E-state index in [0.29, 0.717) is 5.02 Å². The molecule has 0 spiro atoms. The molecule has 4 nitrogen and oxygen atoms in total. The Bertz CT molecular complexity index is 1230. The van der Waals surface area contributed by atoms with Crippen molar-refractivity contribution >= 4 is 34.1 Å². The van der Waals surface area contributed by atoms with Crippen LogP contribution >= 0.6 is 22.9 Å². The third kappa shape index (κ3) is 3.73. The third-order valence-electron chi connectivity index (χ3n) is 5.24. The minimum absolute atomic E-state index is 0.203. The number of halogens is 2. The molecule has 4 aromatic rings. The Labute approximate surface area is 182 Å². The van der Waals surface area contributed by atoms with Gasteiger partial charge in [-0.2, -0.15) is 0 Å². The SMILES string of the molecule is Fc1cccc(CON=Cc2c(-c3ccc(Cl)cc3)nc3sc4c(n23)CCCC4)c1. The van der Waals surface area contributed by atoms with E-state index in [1.807, 2.05) is 30.3 Å². The lowest BCUT2D eigenvalue weighted by molar-refractivity contribution is 0.132. The van der Waals surface area contributed by atoms with Gasteiger partial charge in [-0.25, -0.2) is 9.37 Å². The first kappa shape index (κ1) is 19.3. The maximum atomic E-state index is 13.4. The van der Waals surface area contributed by atoms with Crippen LogP contribution in [0.4, 0.5) is 4.39 Å². The molecule has 0 fully saturated rings.